The maximum Gasteiger partial charge on any atom is 0.242 e. The molecule has 0 radical (unpaired) electrons. The van der Waals surface area contributed by atoms with Gasteiger partial charge in [-0.3, -0.25) is 0 Å². The molecule has 5 nitrogen and oxygen atoms in total. The topological polar surface area (TPSA) is 63.1 Å². The van der Waals surface area contributed by atoms with Gasteiger partial charge in [-0.05, 0) is 44.6 Å². The highest BCUT2D eigenvalue weighted by atomic mass is 32.2. The Labute approximate surface area is 127 Å². The van der Waals surface area contributed by atoms with E-state index in [0.29, 0.717) is 23.4 Å². The minimum absolute atomic E-state index is 0.399. The Kier molecular flexibility index (Phi) is 4.38. The van der Waals surface area contributed by atoms with Crippen LogP contribution in [0.1, 0.15) is 44.7 Å². The zero-order valence-electron chi connectivity index (χ0n) is 12.6. The summed E-state index contributed by atoms with van der Waals surface area (Å²) < 4.78 is 29.5. The number of aromatic nitrogens is 1. The first-order chi connectivity index (χ1) is 10.1. The molecule has 0 bridgehead atoms. The molecule has 1 aromatic rings. The summed E-state index contributed by atoms with van der Waals surface area (Å²) in [4.78, 5) is 0.399. The van der Waals surface area contributed by atoms with Crippen molar-refractivity contribution in [1.29, 1.82) is 0 Å². The highest BCUT2D eigenvalue weighted by Gasteiger charge is 2.24. The molecule has 0 spiro atoms. The zero-order valence-corrected chi connectivity index (χ0v) is 13.5. The van der Waals surface area contributed by atoms with Gasteiger partial charge in [-0.15, -0.1) is 0 Å². The van der Waals surface area contributed by atoms with E-state index < -0.39 is 10.0 Å². The lowest BCUT2D eigenvalue weighted by atomic mass is 9.86. The van der Waals surface area contributed by atoms with E-state index >= 15 is 0 Å². The van der Waals surface area contributed by atoms with Crippen molar-refractivity contribution in [2.75, 3.05) is 6.54 Å². The molecule has 2 N–H and O–H groups in total. The van der Waals surface area contributed by atoms with Gasteiger partial charge >= 0.3 is 0 Å². The lowest BCUT2D eigenvalue weighted by Gasteiger charge is -2.25. The van der Waals surface area contributed by atoms with Crippen molar-refractivity contribution in [3.63, 3.8) is 0 Å². The van der Waals surface area contributed by atoms with Gasteiger partial charge in [0.15, 0.2) is 0 Å². The van der Waals surface area contributed by atoms with Gasteiger partial charge in [-0.2, -0.15) is 0 Å². The van der Waals surface area contributed by atoms with Gasteiger partial charge in [0.25, 0.3) is 0 Å². The van der Waals surface area contributed by atoms with Crippen molar-refractivity contribution < 1.29 is 8.42 Å². The quantitative estimate of drug-likeness (QED) is 0.770. The van der Waals surface area contributed by atoms with E-state index in [4.69, 9.17) is 0 Å². The normalized spacial score (nSPS) is 19.7. The van der Waals surface area contributed by atoms with Gasteiger partial charge in [-0.25, -0.2) is 13.1 Å². The van der Waals surface area contributed by atoms with Crippen molar-refractivity contribution in [1.82, 2.24) is 14.6 Å². The molecule has 0 amide bonds. The molecule has 3 rings (SSSR count). The molecule has 6 heteroatoms. The van der Waals surface area contributed by atoms with E-state index in [-0.39, 0.29) is 0 Å². The van der Waals surface area contributed by atoms with Crippen LogP contribution in [0.25, 0.3) is 0 Å². The zero-order chi connectivity index (χ0) is 14.9. The third-order valence-electron chi connectivity index (χ3n) is 4.55. The first-order valence-electron chi connectivity index (χ1n) is 8.00. The summed E-state index contributed by atoms with van der Waals surface area (Å²) in [6.45, 7) is 4.16. The number of aryl methyl sites for hydroxylation is 1. The molecule has 1 aromatic heterocycles. The fourth-order valence-corrected chi connectivity index (χ4v) is 3.84. The summed E-state index contributed by atoms with van der Waals surface area (Å²) in [6, 6.07) is 2.43. The standard InChI is InChI=1S/C15H25N3O2S/c1-2-18-11-15(8-14(18)10-16-13-6-7-13)21(19,20)17-9-12-4-3-5-12/h8,11-13,16-17H,2-7,9-10H2,1H3. The number of sulfonamides is 1. The number of nitrogens with one attached hydrogen (secondary N) is 2. The second kappa shape index (κ2) is 6.10. The molecular weight excluding hydrogens is 286 g/mol. The Bertz CT molecular complexity index is 586. The number of hydrogen-bond acceptors (Lipinski definition) is 3. The summed E-state index contributed by atoms with van der Waals surface area (Å²) in [6.07, 6.45) is 7.76. The summed E-state index contributed by atoms with van der Waals surface area (Å²) in [5, 5.41) is 3.44. The molecule has 118 valence electrons. The molecule has 2 fully saturated rings. The van der Waals surface area contributed by atoms with Crippen LogP contribution in [-0.4, -0.2) is 25.6 Å². The highest BCUT2D eigenvalue weighted by molar-refractivity contribution is 7.89. The largest absolute Gasteiger partial charge is 0.349 e. The minimum Gasteiger partial charge on any atom is -0.349 e. The van der Waals surface area contributed by atoms with Gasteiger partial charge < -0.3 is 9.88 Å². The van der Waals surface area contributed by atoms with Crippen LogP contribution in [0, 0.1) is 5.92 Å². The van der Waals surface area contributed by atoms with Crippen LogP contribution in [-0.2, 0) is 23.1 Å². The predicted octanol–water partition coefficient (Wildman–Crippen LogP) is 1.84. The van der Waals surface area contributed by atoms with E-state index in [1.165, 1.54) is 19.3 Å². The fourth-order valence-electron chi connectivity index (χ4n) is 2.66. The number of rotatable bonds is 8. The van der Waals surface area contributed by atoms with Crippen LogP contribution in [0.5, 0.6) is 0 Å². The highest BCUT2D eigenvalue weighted by Crippen LogP contribution is 2.26. The third kappa shape index (κ3) is 3.67. The summed E-state index contributed by atoms with van der Waals surface area (Å²) in [5.74, 6) is 0.532. The fraction of sp³-hybridized carbons (Fsp3) is 0.733. The van der Waals surface area contributed by atoms with Gasteiger partial charge in [0.2, 0.25) is 10.0 Å². The molecule has 0 atom stereocenters. The number of nitrogens with zero attached hydrogens (tertiary/aromatic N) is 1. The molecule has 2 aliphatic carbocycles. The van der Waals surface area contributed by atoms with Crippen LogP contribution in [0.2, 0.25) is 0 Å². The molecule has 2 saturated carbocycles. The van der Waals surface area contributed by atoms with Crippen LogP contribution in [0.3, 0.4) is 0 Å². The first kappa shape index (κ1) is 15.1. The summed E-state index contributed by atoms with van der Waals surface area (Å²) in [7, 11) is -3.36. The molecule has 21 heavy (non-hydrogen) atoms. The van der Waals surface area contributed by atoms with Gasteiger partial charge in [-0.1, -0.05) is 6.42 Å². The van der Waals surface area contributed by atoms with E-state index in [2.05, 4.69) is 10.0 Å². The van der Waals surface area contributed by atoms with E-state index in [1.807, 2.05) is 17.6 Å². The molecule has 0 unspecified atom stereocenters. The molecule has 0 saturated heterocycles. The summed E-state index contributed by atoms with van der Waals surface area (Å²) >= 11 is 0. The third-order valence-corrected chi connectivity index (χ3v) is 5.94. The van der Waals surface area contributed by atoms with Crippen molar-refractivity contribution in [3.05, 3.63) is 18.0 Å². The van der Waals surface area contributed by atoms with E-state index in [1.54, 1.807) is 6.20 Å². The monoisotopic (exact) mass is 311 g/mol. The van der Waals surface area contributed by atoms with E-state index in [9.17, 15) is 8.42 Å². The maximum atomic E-state index is 12.4. The minimum atomic E-state index is -3.36. The van der Waals surface area contributed by atoms with Crippen molar-refractivity contribution in [2.45, 2.75) is 63.1 Å². The van der Waals surface area contributed by atoms with Gasteiger partial charge in [0.05, 0.1) is 4.90 Å². The SMILES string of the molecule is CCn1cc(S(=O)(=O)NCC2CCC2)cc1CNC1CC1. The second-order valence-electron chi connectivity index (χ2n) is 6.26. The Morgan fingerprint density at radius 3 is 2.62 bits per heavy atom. The molecule has 0 aromatic carbocycles. The van der Waals surface area contributed by atoms with Crippen LogP contribution < -0.4 is 10.0 Å². The lowest BCUT2D eigenvalue weighted by Crippen LogP contribution is -2.32. The summed E-state index contributed by atoms with van der Waals surface area (Å²) in [5.41, 5.74) is 1.05. The Hall–Kier alpha value is -0.850. The molecule has 0 aliphatic heterocycles. The van der Waals surface area contributed by atoms with E-state index in [0.717, 1.165) is 31.6 Å². The predicted molar refractivity (Wildman–Crippen MR) is 82.5 cm³/mol. The lowest BCUT2D eigenvalue weighted by molar-refractivity contribution is 0.316. The first-order valence-corrected chi connectivity index (χ1v) is 9.49. The second-order valence-corrected chi connectivity index (χ2v) is 8.02. The average molecular weight is 311 g/mol. The Balaban J connectivity index is 1.67. The Morgan fingerprint density at radius 1 is 1.29 bits per heavy atom. The molecule has 1 heterocycles. The molecular formula is C15H25N3O2S. The van der Waals surface area contributed by atoms with Crippen molar-refractivity contribution >= 4 is 10.0 Å². The van der Waals surface area contributed by atoms with Crippen molar-refractivity contribution in [2.24, 2.45) is 5.92 Å². The smallest absolute Gasteiger partial charge is 0.242 e. The van der Waals surface area contributed by atoms with Crippen molar-refractivity contribution in [3.8, 4) is 0 Å². The van der Waals surface area contributed by atoms with Crippen LogP contribution in [0.15, 0.2) is 17.2 Å². The Morgan fingerprint density at radius 2 is 2.05 bits per heavy atom. The average Bonchev–Trinajstić information content (AvgIpc) is 3.12. The van der Waals surface area contributed by atoms with Gasteiger partial charge in [0, 0.05) is 37.6 Å². The van der Waals surface area contributed by atoms with Crippen LogP contribution in [0.4, 0.5) is 0 Å². The maximum absolute atomic E-state index is 12.4. The van der Waals surface area contributed by atoms with Gasteiger partial charge in [0.1, 0.15) is 0 Å². The van der Waals surface area contributed by atoms with Crippen LogP contribution >= 0.6 is 0 Å². The number of hydrogen-bond donors (Lipinski definition) is 2. The molecule has 2 aliphatic rings.